The van der Waals surface area contributed by atoms with Gasteiger partial charge < -0.3 is 11.1 Å². The summed E-state index contributed by atoms with van der Waals surface area (Å²) in [6, 6.07) is 6.40. The van der Waals surface area contributed by atoms with Crippen molar-refractivity contribution in [2.45, 2.75) is 57.1 Å². The van der Waals surface area contributed by atoms with Crippen molar-refractivity contribution in [3.63, 3.8) is 0 Å². The Bertz CT molecular complexity index is 1230. The molecule has 0 unspecified atom stereocenters. The van der Waals surface area contributed by atoms with E-state index in [4.69, 9.17) is 10.7 Å². The fourth-order valence-electron chi connectivity index (χ4n) is 3.92. The maximum absolute atomic E-state index is 13.5. The van der Waals surface area contributed by atoms with Crippen molar-refractivity contribution >= 4 is 50.8 Å². The molecule has 7 nitrogen and oxygen atoms in total. The standard InChI is InChI=1S/C23H26N4O3S2/c1-3-13(2)27-22(30)19-16-6-4-5-7-17(16)32-21(19)26-23(27)31-12-18(28)25-15-10-8-14(9-11-15)20(24)29/h8-11,13H,3-7,12H2,1-2H3,(H2,24,29)(H,25,28)/t13-/m1/s1. The van der Waals surface area contributed by atoms with Gasteiger partial charge in [-0.25, -0.2) is 4.98 Å². The van der Waals surface area contributed by atoms with Crippen molar-refractivity contribution in [3.05, 3.63) is 50.6 Å². The number of carbonyl (C=O) groups excluding carboxylic acids is 2. The molecule has 1 atom stereocenters. The number of thioether (sulfide) groups is 1. The zero-order valence-electron chi connectivity index (χ0n) is 18.1. The number of hydrogen-bond donors (Lipinski definition) is 2. The highest BCUT2D eigenvalue weighted by Gasteiger charge is 2.24. The Hall–Kier alpha value is -2.65. The van der Waals surface area contributed by atoms with E-state index < -0.39 is 5.91 Å². The van der Waals surface area contributed by atoms with Crippen LogP contribution in [0.15, 0.2) is 34.2 Å². The average molecular weight is 471 g/mol. The van der Waals surface area contributed by atoms with Crippen LogP contribution in [0.3, 0.4) is 0 Å². The van der Waals surface area contributed by atoms with Crippen LogP contribution in [0.25, 0.3) is 10.2 Å². The monoisotopic (exact) mass is 470 g/mol. The number of nitrogens with two attached hydrogens (primary N) is 1. The summed E-state index contributed by atoms with van der Waals surface area (Å²) >= 11 is 2.89. The minimum Gasteiger partial charge on any atom is -0.366 e. The minimum atomic E-state index is -0.516. The number of amides is 2. The Morgan fingerprint density at radius 3 is 2.66 bits per heavy atom. The molecule has 9 heteroatoms. The summed E-state index contributed by atoms with van der Waals surface area (Å²) < 4.78 is 1.75. The predicted molar refractivity (Wildman–Crippen MR) is 130 cm³/mol. The third kappa shape index (κ3) is 4.45. The maximum atomic E-state index is 13.5. The van der Waals surface area contributed by atoms with Gasteiger partial charge in [0.05, 0.1) is 11.1 Å². The quantitative estimate of drug-likeness (QED) is 0.399. The van der Waals surface area contributed by atoms with Gasteiger partial charge in [-0.1, -0.05) is 18.7 Å². The molecule has 2 aromatic heterocycles. The Labute approximate surface area is 194 Å². The van der Waals surface area contributed by atoms with E-state index in [1.807, 2.05) is 13.8 Å². The number of thiophene rings is 1. The third-order valence-electron chi connectivity index (χ3n) is 5.81. The highest BCUT2D eigenvalue weighted by molar-refractivity contribution is 7.99. The Balaban J connectivity index is 1.58. The molecule has 168 valence electrons. The normalized spacial score (nSPS) is 14.2. The predicted octanol–water partition coefficient (Wildman–Crippen LogP) is 4.14. The molecule has 0 spiro atoms. The van der Waals surface area contributed by atoms with Gasteiger partial charge in [-0.05, 0) is 68.9 Å². The van der Waals surface area contributed by atoms with Gasteiger partial charge in [0, 0.05) is 22.2 Å². The summed E-state index contributed by atoms with van der Waals surface area (Å²) in [5.41, 5.74) is 7.39. The van der Waals surface area contributed by atoms with Gasteiger partial charge in [-0.2, -0.15) is 0 Å². The van der Waals surface area contributed by atoms with Crippen LogP contribution < -0.4 is 16.6 Å². The SMILES string of the molecule is CC[C@@H](C)n1c(SCC(=O)Nc2ccc(C(N)=O)cc2)nc2sc3c(c2c1=O)CCCC3. The minimum absolute atomic E-state index is 0.00805. The Morgan fingerprint density at radius 2 is 1.97 bits per heavy atom. The fraction of sp³-hybridized carbons (Fsp3) is 0.391. The van der Waals surface area contributed by atoms with E-state index in [1.54, 1.807) is 40.2 Å². The fourth-order valence-corrected chi connectivity index (χ4v) is 6.12. The summed E-state index contributed by atoms with van der Waals surface area (Å²) in [6.07, 6.45) is 5.01. The molecule has 0 saturated heterocycles. The molecule has 3 aromatic rings. The van der Waals surface area contributed by atoms with Crippen LogP contribution in [-0.4, -0.2) is 27.1 Å². The van der Waals surface area contributed by atoms with Crippen LogP contribution in [0.4, 0.5) is 5.69 Å². The molecule has 0 bridgehead atoms. The molecule has 2 amide bonds. The molecular formula is C23H26N4O3S2. The summed E-state index contributed by atoms with van der Waals surface area (Å²) in [7, 11) is 0. The van der Waals surface area contributed by atoms with E-state index in [0.29, 0.717) is 16.4 Å². The molecule has 0 fully saturated rings. The molecule has 4 rings (SSSR count). The van der Waals surface area contributed by atoms with Crippen molar-refractivity contribution < 1.29 is 9.59 Å². The topological polar surface area (TPSA) is 107 Å². The lowest BCUT2D eigenvalue weighted by Gasteiger charge is -2.18. The van der Waals surface area contributed by atoms with E-state index in [-0.39, 0.29) is 23.3 Å². The Kier molecular flexibility index (Phi) is 6.66. The summed E-state index contributed by atoms with van der Waals surface area (Å²) in [4.78, 5) is 44.1. The van der Waals surface area contributed by atoms with Crippen LogP contribution in [-0.2, 0) is 17.6 Å². The molecule has 3 N–H and O–H groups in total. The zero-order valence-corrected chi connectivity index (χ0v) is 19.8. The maximum Gasteiger partial charge on any atom is 0.263 e. The van der Waals surface area contributed by atoms with Crippen LogP contribution >= 0.6 is 23.1 Å². The van der Waals surface area contributed by atoms with E-state index in [2.05, 4.69) is 5.32 Å². The van der Waals surface area contributed by atoms with Gasteiger partial charge in [0.1, 0.15) is 4.83 Å². The number of rotatable bonds is 7. The van der Waals surface area contributed by atoms with Crippen LogP contribution in [0.2, 0.25) is 0 Å². The second kappa shape index (κ2) is 9.46. The highest BCUT2D eigenvalue weighted by Crippen LogP contribution is 2.35. The number of benzene rings is 1. The second-order valence-electron chi connectivity index (χ2n) is 8.00. The number of anilines is 1. The van der Waals surface area contributed by atoms with E-state index >= 15 is 0 Å². The Morgan fingerprint density at radius 1 is 1.25 bits per heavy atom. The van der Waals surface area contributed by atoms with Crippen molar-refractivity contribution in [1.82, 2.24) is 9.55 Å². The largest absolute Gasteiger partial charge is 0.366 e. The number of aromatic nitrogens is 2. The summed E-state index contributed by atoms with van der Waals surface area (Å²) in [6.45, 7) is 4.06. The summed E-state index contributed by atoms with van der Waals surface area (Å²) in [5.74, 6) is -0.604. The number of fused-ring (bicyclic) bond motifs is 3. The second-order valence-corrected chi connectivity index (χ2v) is 10.0. The molecule has 1 aliphatic rings. The molecule has 0 saturated carbocycles. The first-order valence-electron chi connectivity index (χ1n) is 10.8. The number of carbonyl (C=O) groups is 2. The lowest BCUT2D eigenvalue weighted by atomic mass is 9.97. The van der Waals surface area contributed by atoms with Crippen molar-refractivity contribution in [3.8, 4) is 0 Å². The number of primary amides is 1. The van der Waals surface area contributed by atoms with Gasteiger partial charge in [0.15, 0.2) is 5.16 Å². The van der Waals surface area contributed by atoms with E-state index in [0.717, 1.165) is 42.3 Å². The van der Waals surface area contributed by atoms with E-state index in [9.17, 15) is 14.4 Å². The van der Waals surface area contributed by atoms with Gasteiger partial charge in [0.25, 0.3) is 5.56 Å². The molecular weight excluding hydrogens is 444 g/mol. The number of hydrogen-bond acceptors (Lipinski definition) is 6. The lowest BCUT2D eigenvalue weighted by molar-refractivity contribution is -0.113. The average Bonchev–Trinajstić information content (AvgIpc) is 3.16. The zero-order chi connectivity index (χ0) is 22.8. The van der Waals surface area contributed by atoms with Gasteiger partial charge in [-0.15, -0.1) is 11.3 Å². The first kappa shape index (κ1) is 22.5. The van der Waals surface area contributed by atoms with E-state index in [1.165, 1.54) is 22.2 Å². The number of nitrogens with one attached hydrogen (secondary N) is 1. The van der Waals surface area contributed by atoms with Crippen LogP contribution in [0, 0.1) is 0 Å². The number of aryl methyl sites for hydroxylation is 2. The highest BCUT2D eigenvalue weighted by atomic mass is 32.2. The molecule has 1 aromatic carbocycles. The van der Waals surface area contributed by atoms with Crippen molar-refractivity contribution in [2.24, 2.45) is 5.73 Å². The van der Waals surface area contributed by atoms with Crippen LogP contribution in [0.5, 0.6) is 0 Å². The van der Waals surface area contributed by atoms with Gasteiger partial charge in [0.2, 0.25) is 11.8 Å². The smallest absolute Gasteiger partial charge is 0.263 e. The number of nitrogens with zero attached hydrogens (tertiary/aromatic N) is 2. The first-order chi connectivity index (χ1) is 15.4. The van der Waals surface area contributed by atoms with Crippen LogP contribution in [0.1, 0.15) is 60.0 Å². The van der Waals surface area contributed by atoms with Gasteiger partial charge in [-0.3, -0.25) is 19.0 Å². The molecule has 0 radical (unpaired) electrons. The van der Waals surface area contributed by atoms with Crippen molar-refractivity contribution in [1.29, 1.82) is 0 Å². The molecule has 2 heterocycles. The van der Waals surface area contributed by atoms with Gasteiger partial charge >= 0.3 is 0 Å². The molecule has 32 heavy (non-hydrogen) atoms. The molecule has 0 aliphatic heterocycles. The lowest BCUT2D eigenvalue weighted by Crippen LogP contribution is -2.27. The first-order valence-corrected chi connectivity index (χ1v) is 12.6. The summed E-state index contributed by atoms with van der Waals surface area (Å²) in [5, 5.41) is 4.16. The molecule has 1 aliphatic carbocycles. The third-order valence-corrected chi connectivity index (χ3v) is 7.94. The van der Waals surface area contributed by atoms with Crippen molar-refractivity contribution in [2.75, 3.05) is 11.1 Å².